The van der Waals surface area contributed by atoms with Gasteiger partial charge in [-0.1, -0.05) is 36.2 Å². The largest absolute Gasteiger partial charge is 0.497 e. The molecule has 3 heterocycles. The topological polar surface area (TPSA) is 59.8 Å². The van der Waals surface area contributed by atoms with Gasteiger partial charge in [-0.25, -0.2) is 4.98 Å². The van der Waals surface area contributed by atoms with E-state index in [1.165, 1.54) is 19.3 Å². The van der Waals surface area contributed by atoms with E-state index in [1.807, 2.05) is 60.6 Å². The Morgan fingerprint density at radius 2 is 1.84 bits per heavy atom. The minimum Gasteiger partial charge on any atom is -0.497 e. The number of aromatic nitrogens is 2. The molecule has 37 heavy (non-hydrogen) atoms. The van der Waals surface area contributed by atoms with Crippen LogP contribution in [-0.2, 0) is 11.3 Å². The molecule has 2 aliphatic rings. The summed E-state index contributed by atoms with van der Waals surface area (Å²) < 4.78 is 13.2. The van der Waals surface area contributed by atoms with Crippen molar-refractivity contribution in [1.82, 2.24) is 19.4 Å². The molecular weight excluding hydrogens is 488 g/mol. The van der Waals surface area contributed by atoms with Crippen molar-refractivity contribution in [2.75, 3.05) is 40.9 Å². The molecule has 0 radical (unpaired) electrons. The van der Waals surface area contributed by atoms with Crippen molar-refractivity contribution in [2.24, 2.45) is 5.92 Å². The number of hydrogen-bond acceptors (Lipinski definition) is 5. The first kappa shape index (κ1) is 25.6. The summed E-state index contributed by atoms with van der Waals surface area (Å²) in [6, 6.07) is 13.5. The van der Waals surface area contributed by atoms with E-state index in [1.54, 1.807) is 14.2 Å². The van der Waals surface area contributed by atoms with Gasteiger partial charge in [0.05, 0.1) is 43.4 Å². The van der Waals surface area contributed by atoms with Crippen molar-refractivity contribution in [2.45, 2.75) is 38.3 Å². The maximum Gasteiger partial charge on any atom is 0.227 e. The molecule has 2 aromatic carbocycles. The molecule has 2 saturated heterocycles. The Kier molecular flexibility index (Phi) is 7.72. The van der Waals surface area contributed by atoms with Crippen LogP contribution in [0.2, 0.25) is 5.02 Å². The van der Waals surface area contributed by atoms with Crippen molar-refractivity contribution in [1.29, 1.82) is 0 Å². The first-order valence-electron chi connectivity index (χ1n) is 13.0. The summed E-state index contributed by atoms with van der Waals surface area (Å²) >= 11 is 6.55. The van der Waals surface area contributed by atoms with Crippen LogP contribution in [0.25, 0.3) is 11.3 Å². The number of benzene rings is 2. The SMILES string of the molecule is COc1ccc(Cn2cc(-c3ccccc3Cl)nc2C2CC(CN3CCCCC3)C(=O)N2C)c(OC)c1. The van der Waals surface area contributed by atoms with E-state index in [9.17, 15) is 4.79 Å². The second kappa shape index (κ2) is 11.2. The van der Waals surface area contributed by atoms with Gasteiger partial charge in [0.15, 0.2) is 0 Å². The third-order valence-electron chi connectivity index (χ3n) is 7.69. The van der Waals surface area contributed by atoms with Gasteiger partial charge in [-0.05, 0) is 50.6 Å². The van der Waals surface area contributed by atoms with Crippen LogP contribution in [0.5, 0.6) is 11.5 Å². The third-order valence-corrected chi connectivity index (χ3v) is 8.02. The van der Waals surface area contributed by atoms with E-state index in [-0.39, 0.29) is 17.9 Å². The van der Waals surface area contributed by atoms with E-state index in [0.717, 1.165) is 60.2 Å². The van der Waals surface area contributed by atoms with Crippen molar-refractivity contribution in [3.8, 4) is 22.8 Å². The van der Waals surface area contributed by atoms with Gasteiger partial charge in [0, 0.05) is 37.0 Å². The zero-order valence-electron chi connectivity index (χ0n) is 21.8. The molecule has 8 heteroatoms. The fourth-order valence-electron chi connectivity index (χ4n) is 5.64. The van der Waals surface area contributed by atoms with Crippen LogP contribution in [0.15, 0.2) is 48.7 Å². The van der Waals surface area contributed by atoms with Crippen LogP contribution in [0, 0.1) is 5.92 Å². The number of likely N-dealkylation sites (tertiary alicyclic amines) is 2. The van der Waals surface area contributed by atoms with Gasteiger partial charge >= 0.3 is 0 Å². The summed E-state index contributed by atoms with van der Waals surface area (Å²) in [7, 11) is 5.22. The number of rotatable bonds is 8. The first-order valence-corrected chi connectivity index (χ1v) is 13.4. The van der Waals surface area contributed by atoms with Gasteiger partial charge < -0.3 is 23.8 Å². The molecule has 0 bridgehead atoms. The summed E-state index contributed by atoms with van der Waals surface area (Å²) in [5.74, 6) is 2.54. The zero-order valence-corrected chi connectivity index (χ0v) is 22.6. The second-order valence-electron chi connectivity index (χ2n) is 10.0. The lowest BCUT2D eigenvalue weighted by molar-refractivity contribution is -0.131. The van der Waals surface area contributed by atoms with Crippen LogP contribution < -0.4 is 9.47 Å². The van der Waals surface area contributed by atoms with E-state index < -0.39 is 0 Å². The highest BCUT2D eigenvalue weighted by atomic mass is 35.5. The quantitative estimate of drug-likeness (QED) is 0.403. The van der Waals surface area contributed by atoms with Crippen molar-refractivity contribution in [3.63, 3.8) is 0 Å². The number of halogens is 1. The summed E-state index contributed by atoms with van der Waals surface area (Å²) in [4.78, 5) is 22.8. The number of piperidine rings is 1. The lowest BCUT2D eigenvalue weighted by Crippen LogP contribution is -2.37. The normalized spacial score (nSPS) is 20.4. The first-order chi connectivity index (χ1) is 18.0. The Labute approximate surface area is 223 Å². The zero-order chi connectivity index (χ0) is 25.9. The maximum absolute atomic E-state index is 13.3. The summed E-state index contributed by atoms with van der Waals surface area (Å²) in [6.07, 6.45) is 6.51. The van der Waals surface area contributed by atoms with Gasteiger partial charge in [-0.3, -0.25) is 4.79 Å². The van der Waals surface area contributed by atoms with Gasteiger partial charge in [-0.15, -0.1) is 0 Å². The number of hydrogen-bond donors (Lipinski definition) is 0. The molecule has 7 nitrogen and oxygen atoms in total. The number of carbonyl (C=O) groups is 1. The number of imidazole rings is 1. The fourth-order valence-corrected chi connectivity index (χ4v) is 5.87. The minimum atomic E-state index is -0.109. The molecule has 2 atom stereocenters. The van der Waals surface area contributed by atoms with Gasteiger partial charge in [0.25, 0.3) is 0 Å². The molecule has 2 aliphatic heterocycles. The van der Waals surface area contributed by atoms with Crippen molar-refractivity contribution < 1.29 is 14.3 Å². The van der Waals surface area contributed by atoms with Crippen LogP contribution in [0.1, 0.15) is 43.1 Å². The number of carbonyl (C=O) groups excluding carboxylic acids is 1. The molecule has 0 aliphatic carbocycles. The second-order valence-corrected chi connectivity index (χ2v) is 10.4. The molecule has 5 rings (SSSR count). The number of methoxy groups -OCH3 is 2. The molecule has 1 aromatic heterocycles. The number of nitrogens with zero attached hydrogens (tertiary/aromatic N) is 4. The predicted octanol–water partition coefficient (Wildman–Crippen LogP) is 5.27. The molecule has 2 fully saturated rings. The monoisotopic (exact) mass is 522 g/mol. The third kappa shape index (κ3) is 5.34. The van der Waals surface area contributed by atoms with Crippen molar-refractivity contribution in [3.05, 3.63) is 65.1 Å². The average molecular weight is 523 g/mol. The smallest absolute Gasteiger partial charge is 0.227 e. The minimum absolute atomic E-state index is 0.0162. The fraction of sp³-hybridized carbons (Fsp3) is 0.448. The molecule has 0 N–H and O–H groups in total. The predicted molar refractivity (Wildman–Crippen MR) is 145 cm³/mol. The van der Waals surface area contributed by atoms with Crippen LogP contribution in [0.4, 0.5) is 0 Å². The Morgan fingerprint density at radius 3 is 2.57 bits per heavy atom. The highest BCUT2D eigenvalue weighted by Gasteiger charge is 2.41. The van der Waals surface area contributed by atoms with Crippen LogP contribution in [0.3, 0.4) is 0 Å². The average Bonchev–Trinajstić information content (AvgIpc) is 3.45. The standard InChI is InChI=1S/C29H35ClN4O3/c1-32-26(15-21(29(32)35)17-33-13-7-4-8-14-33)28-31-25(23-9-5-6-10-24(23)30)19-34(28)18-20-11-12-22(36-2)16-27(20)37-3/h5-6,9-12,16,19,21,26H,4,7-8,13-15,17-18H2,1-3H3. The number of amides is 1. The lowest BCUT2D eigenvalue weighted by atomic mass is 10.0. The van der Waals surface area contributed by atoms with Crippen molar-refractivity contribution >= 4 is 17.5 Å². The van der Waals surface area contributed by atoms with E-state index in [2.05, 4.69) is 9.47 Å². The molecule has 0 saturated carbocycles. The Bertz CT molecular complexity index is 1250. The highest BCUT2D eigenvalue weighted by Crippen LogP contribution is 2.38. The summed E-state index contributed by atoms with van der Waals surface area (Å²) in [5, 5.41) is 0.652. The molecule has 0 spiro atoms. The van der Waals surface area contributed by atoms with Gasteiger partial charge in [0.1, 0.15) is 17.3 Å². The van der Waals surface area contributed by atoms with Crippen LogP contribution >= 0.6 is 11.6 Å². The Hall–Kier alpha value is -3.03. The molecule has 1 amide bonds. The van der Waals surface area contributed by atoms with E-state index >= 15 is 0 Å². The number of ether oxygens (including phenoxy) is 2. The lowest BCUT2D eigenvalue weighted by Gasteiger charge is -2.28. The molecule has 2 unspecified atom stereocenters. The van der Waals surface area contributed by atoms with E-state index in [0.29, 0.717) is 11.6 Å². The molecular formula is C29H35ClN4O3. The Morgan fingerprint density at radius 1 is 1.05 bits per heavy atom. The van der Waals surface area contributed by atoms with Gasteiger partial charge in [-0.2, -0.15) is 0 Å². The van der Waals surface area contributed by atoms with Crippen LogP contribution in [-0.4, -0.2) is 66.2 Å². The maximum atomic E-state index is 13.3. The molecule has 3 aromatic rings. The summed E-state index contributed by atoms with van der Waals surface area (Å²) in [6.45, 7) is 3.54. The van der Waals surface area contributed by atoms with E-state index in [4.69, 9.17) is 26.1 Å². The van der Waals surface area contributed by atoms with Gasteiger partial charge in [0.2, 0.25) is 5.91 Å². The highest BCUT2D eigenvalue weighted by molar-refractivity contribution is 6.33. The Balaban J connectivity index is 1.49. The summed E-state index contributed by atoms with van der Waals surface area (Å²) in [5.41, 5.74) is 2.68. The molecule has 196 valence electrons.